The van der Waals surface area contributed by atoms with Gasteiger partial charge in [-0.2, -0.15) is 0 Å². The number of allylic oxidation sites excluding steroid dienone is 2. The molecule has 5 heteroatoms. The summed E-state index contributed by atoms with van der Waals surface area (Å²) < 4.78 is 12.2. The zero-order valence-electron chi connectivity index (χ0n) is 17.3. The molecule has 26 heavy (non-hydrogen) atoms. The van der Waals surface area contributed by atoms with Gasteiger partial charge in [-0.05, 0) is 65.1 Å². The summed E-state index contributed by atoms with van der Waals surface area (Å²) in [6.07, 6.45) is 5.89. The number of halogens is 1. The topological polar surface area (TPSA) is 44.7 Å². The molecule has 0 atom stereocenters. The molecule has 4 nitrogen and oxygen atoms in total. The molecule has 0 heterocycles. The Hall–Kier alpha value is -2.01. The van der Waals surface area contributed by atoms with Crippen molar-refractivity contribution >= 4 is 11.6 Å². The number of aliphatic imine (C=N–C) groups is 1. The number of amides is 1. The van der Waals surface area contributed by atoms with Gasteiger partial charge < -0.3 is 5.32 Å². The fraction of sp³-hybridized carbons (Fsp3) is 0.524. The minimum atomic E-state index is -0.233. The second-order valence-electron chi connectivity index (χ2n) is 6.83. The Labute approximate surface area is 158 Å². The standard InChI is InChI=1S/C14H27N3O.C7H7F/c1-7-8-9-13(10-11-15-12(2)18)16-14(3,4)17(5)6;1-6-3-2-4-7(8)5-6/h8-9H,7,10-11H2,1-6H3,(H,15,18);2-5H,1H3/b9-8-,16-13+;. The molecule has 1 rings (SSSR count). The molecule has 0 aliphatic carbocycles. The normalized spacial score (nSPS) is 12.1. The Morgan fingerprint density at radius 3 is 2.42 bits per heavy atom. The van der Waals surface area contributed by atoms with Crippen LogP contribution in [0.1, 0.15) is 46.1 Å². The zero-order valence-corrected chi connectivity index (χ0v) is 17.3. The molecule has 0 saturated heterocycles. The molecule has 0 unspecified atom stereocenters. The van der Waals surface area contributed by atoms with Crippen molar-refractivity contribution in [3.05, 3.63) is 47.8 Å². The molecule has 0 saturated carbocycles. The van der Waals surface area contributed by atoms with Gasteiger partial charge in [-0.15, -0.1) is 0 Å². The molecule has 146 valence electrons. The van der Waals surface area contributed by atoms with E-state index in [-0.39, 0.29) is 17.4 Å². The minimum Gasteiger partial charge on any atom is -0.356 e. The van der Waals surface area contributed by atoms with Crippen molar-refractivity contribution in [3.63, 3.8) is 0 Å². The van der Waals surface area contributed by atoms with Gasteiger partial charge in [0, 0.05) is 25.6 Å². The Bertz CT molecular complexity index is 590. The number of rotatable bonds is 7. The Morgan fingerprint density at radius 2 is 2.00 bits per heavy atom. The third kappa shape index (κ3) is 11.5. The van der Waals surface area contributed by atoms with Gasteiger partial charge in [0.2, 0.25) is 5.91 Å². The number of hydrogen-bond acceptors (Lipinski definition) is 3. The van der Waals surface area contributed by atoms with Crippen LogP contribution in [0.25, 0.3) is 0 Å². The fourth-order valence-electron chi connectivity index (χ4n) is 1.85. The zero-order chi connectivity index (χ0) is 20.2. The fourth-order valence-corrected chi connectivity index (χ4v) is 1.85. The molecule has 0 aliphatic heterocycles. The van der Waals surface area contributed by atoms with Crippen molar-refractivity contribution in [2.45, 2.75) is 53.1 Å². The van der Waals surface area contributed by atoms with E-state index in [2.05, 4.69) is 37.1 Å². The number of hydrogen-bond donors (Lipinski definition) is 1. The highest BCUT2D eigenvalue weighted by molar-refractivity contribution is 5.95. The Kier molecular flexibility index (Phi) is 11.4. The minimum absolute atomic E-state index is 0.000640. The van der Waals surface area contributed by atoms with Crippen LogP contribution in [0.5, 0.6) is 0 Å². The lowest BCUT2D eigenvalue weighted by Crippen LogP contribution is -2.37. The maximum Gasteiger partial charge on any atom is 0.216 e. The van der Waals surface area contributed by atoms with Crippen molar-refractivity contribution in [2.24, 2.45) is 4.99 Å². The van der Waals surface area contributed by atoms with Crippen molar-refractivity contribution < 1.29 is 9.18 Å². The van der Waals surface area contributed by atoms with Gasteiger partial charge in [0.15, 0.2) is 0 Å². The number of carbonyl (C=O) groups excluding carboxylic acids is 1. The predicted octanol–water partition coefficient (Wildman–Crippen LogP) is 4.35. The van der Waals surface area contributed by atoms with E-state index in [4.69, 9.17) is 4.99 Å². The number of nitrogens with one attached hydrogen (secondary N) is 1. The third-order valence-electron chi connectivity index (χ3n) is 3.79. The summed E-state index contributed by atoms with van der Waals surface area (Å²) in [7, 11) is 4.02. The van der Waals surface area contributed by atoms with Gasteiger partial charge in [-0.1, -0.05) is 25.1 Å². The lowest BCUT2D eigenvalue weighted by atomic mass is 10.1. The predicted molar refractivity (Wildman–Crippen MR) is 109 cm³/mol. The molecular weight excluding hydrogens is 329 g/mol. The van der Waals surface area contributed by atoms with Crippen LogP contribution in [0.15, 0.2) is 41.4 Å². The van der Waals surface area contributed by atoms with E-state index < -0.39 is 0 Å². The quantitative estimate of drug-likeness (QED) is 0.732. The maximum absolute atomic E-state index is 12.2. The second kappa shape index (κ2) is 12.4. The lowest BCUT2D eigenvalue weighted by Gasteiger charge is -2.29. The van der Waals surface area contributed by atoms with Crippen LogP contribution in [0.3, 0.4) is 0 Å². The Balaban J connectivity index is 0.000000642. The molecule has 1 N–H and O–H groups in total. The van der Waals surface area contributed by atoms with Crippen molar-refractivity contribution in [2.75, 3.05) is 20.6 Å². The molecule has 0 radical (unpaired) electrons. The van der Waals surface area contributed by atoms with E-state index >= 15 is 0 Å². The highest BCUT2D eigenvalue weighted by Crippen LogP contribution is 2.13. The second-order valence-corrected chi connectivity index (χ2v) is 6.83. The summed E-state index contributed by atoms with van der Waals surface area (Å²) in [6, 6.07) is 6.50. The number of carbonyl (C=O) groups is 1. The SMILES string of the molecule is CC/C=C\C(CCNC(C)=O)=N/C(C)(C)N(C)C.Cc1cccc(F)c1. The highest BCUT2D eigenvalue weighted by atomic mass is 19.1. The van der Waals surface area contributed by atoms with Gasteiger partial charge in [0.1, 0.15) is 11.5 Å². The molecular formula is C21H34FN3O. The largest absolute Gasteiger partial charge is 0.356 e. The van der Waals surface area contributed by atoms with E-state index in [1.807, 2.05) is 33.2 Å². The summed E-state index contributed by atoms with van der Waals surface area (Å²) in [5, 5.41) is 2.80. The van der Waals surface area contributed by atoms with E-state index in [0.717, 1.165) is 24.1 Å². The Morgan fingerprint density at radius 1 is 1.35 bits per heavy atom. The summed E-state index contributed by atoms with van der Waals surface area (Å²) in [4.78, 5) is 17.7. The summed E-state index contributed by atoms with van der Waals surface area (Å²) in [5.41, 5.74) is 1.75. The van der Waals surface area contributed by atoms with Crippen LogP contribution in [0, 0.1) is 12.7 Å². The first-order valence-electron chi connectivity index (χ1n) is 8.97. The van der Waals surface area contributed by atoms with Crippen molar-refractivity contribution in [1.82, 2.24) is 10.2 Å². The maximum atomic E-state index is 12.2. The van der Waals surface area contributed by atoms with E-state index in [1.54, 1.807) is 6.07 Å². The highest BCUT2D eigenvalue weighted by Gasteiger charge is 2.18. The monoisotopic (exact) mass is 363 g/mol. The van der Waals surface area contributed by atoms with E-state index in [1.165, 1.54) is 19.1 Å². The average molecular weight is 364 g/mol. The van der Waals surface area contributed by atoms with E-state index in [0.29, 0.717) is 6.54 Å². The van der Waals surface area contributed by atoms with Gasteiger partial charge in [-0.3, -0.25) is 14.7 Å². The molecule has 1 aromatic carbocycles. The van der Waals surface area contributed by atoms with Crippen LogP contribution in [0.4, 0.5) is 4.39 Å². The van der Waals surface area contributed by atoms with Crippen molar-refractivity contribution in [1.29, 1.82) is 0 Å². The first kappa shape index (κ1) is 24.0. The van der Waals surface area contributed by atoms with Crippen LogP contribution >= 0.6 is 0 Å². The van der Waals surface area contributed by atoms with Crippen LogP contribution in [0.2, 0.25) is 0 Å². The molecule has 0 fully saturated rings. The summed E-state index contributed by atoms with van der Waals surface area (Å²) in [6.45, 7) is 10.3. The smallest absolute Gasteiger partial charge is 0.216 e. The van der Waals surface area contributed by atoms with Crippen LogP contribution in [-0.2, 0) is 4.79 Å². The number of nitrogens with zero attached hydrogens (tertiary/aromatic N) is 2. The average Bonchev–Trinajstić information content (AvgIpc) is 2.52. The summed E-state index contributed by atoms with van der Waals surface area (Å²) in [5.74, 6) is -0.161. The first-order chi connectivity index (χ1) is 12.1. The lowest BCUT2D eigenvalue weighted by molar-refractivity contribution is -0.118. The van der Waals surface area contributed by atoms with Gasteiger partial charge in [0.05, 0.1) is 0 Å². The van der Waals surface area contributed by atoms with Gasteiger partial charge in [0.25, 0.3) is 0 Å². The van der Waals surface area contributed by atoms with E-state index in [9.17, 15) is 9.18 Å². The molecule has 1 amide bonds. The first-order valence-corrected chi connectivity index (χ1v) is 8.97. The third-order valence-corrected chi connectivity index (χ3v) is 3.79. The van der Waals surface area contributed by atoms with Gasteiger partial charge in [-0.25, -0.2) is 4.39 Å². The molecule has 0 spiro atoms. The summed E-state index contributed by atoms with van der Waals surface area (Å²) >= 11 is 0. The molecule has 0 bridgehead atoms. The number of aryl methyl sites for hydroxylation is 1. The molecule has 0 aliphatic rings. The van der Waals surface area contributed by atoms with Gasteiger partial charge >= 0.3 is 0 Å². The van der Waals surface area contributed by atoms with Crippen LogP contribution in [-0.4, -0.2) is 42.8 Å². The molecule has 1 aromatic rings. The van der Waals surface area contributed by atoms with Crippen molar-refractivity contribution in [3.8, 4) is 0 Å². The number of benzene rings is 1. The molecule has 0 aromatic heterocycles. The van der Waals surface area contributed by atoms with Crippen LogP contribution < -0.4 is 5.32 Å².